The summed E-state index contributed by atoms with van der Waals surface area (Å²) in [6, 6.07) is 0. The second-order valence-corrected chi connectivity index (χ2v) is 2.58. The summed E-state index contributed by atoms with van der Waals surface area (Å²) in [6.07, 6.45) is 1.81. The quantitative estimate of drug-likeness (QED) is 0.470. The van der Waals surface area contributed by atoms with E-state index in [1.54, 1.807) is 0 Å². The molecule has 0 spiro atoms. The lowest BCUT2D eigenvalue weighted by Crippen LogP contribution is -2.32. The molecule has 0 saturated heterocycles. The molecule has 0 heterocycles. The van der Waals surface area contributed by atoms with Gasteiger partial charge in [0.1, 0.15) is 0 Å². The normalized spacial score (nSPS) is 11.4. The maximum Gasteiger partial charge on any atom is 0.246 e. The fourth-order valence-electron chi connectivity index (χ4n) is 0.712. The van der Waals surface area contributed by atoms with Crippen LogP contribution in [0.4, 0.5) is 0 Å². The molecule has 12 heavy (non-hydrogen) atoms. The Kier molecular flexibility index (Phi) is 6.38. The fraction of sp³-hybridized carbons (Fsp3) is 0.667. The van der Waals surface area contributed by atoms with E-state index in [9.17, 15) is 4.79 Å². The van der Waals surface area contributed by atoms with E-state index in [1.807, 2.05) is 26.8 Å². The number of rotatable bonds is 5. The molecule has 2 N–H and O–H groups in total. The third-order valence-electron chi connectivity index (χ3n) is 1.63. The maximum atomic E-state index is 11.1. The zero-order chi connectivity index (χ0) is 9.40. The molecular weight excluding hydrogens is 152 g/mol. The van der Waals surface area contributed by atoms with Crippen LogP contribution in [-0.4, -0.2) is 25.5 Å². The molecule has 3 nitrogen and oxygen atoms in total. The van der Waals surface area contributed by atoms with Crippen LogP contribution >= 0.6 is 0 Å². The van der Waals surface area contributed by atoms with E-state index >= 15 is 0 Å². The number of carbonyl (C=O) groups is 1. The highest BCUT2D eigenvalue weighted by Gasteiger charge is 1.99. The van der Waals surface area contributed by atoms with Crippen molar-refractivity contribution in [1.29, 1.82) is 0 Å². The molecule has 0 aromatic heterocycles. The standard InChI is InChI=1S/C9H18N2O/c1-4-8(3)9(12)11-7-6-10-5-2/h4,10H,5-7H2,1-3H3,(H,11,12). The first-order valence-electron chi connectivity index (χ1n) is 4.34. The van der Waals surface area contributed by atoms with Crippen LogP contribution in [0, 0.1) is 0 Å². The topological polar surface area (TPSA) is 41.1 Å². The molecule has 0 rings (SSSR count). The maximum absolute atomic E-state index is 11.1. The van der Waals surface area contributed by atoms with Crippen molar-refractivity contribution in [2.45, 2.75) is 20.8 Å². The van der Waals surface area contributed by atoms with Crippen LogP contribution in [0.3, 0.4) is 0 Å². The van der Waals surface area contributed by atoms with Gasteiger partial charge in [-0.15, -0.1) is 0 Å². The predicted octanol–water partition coefficient (Wildman–Crippen LogP) is 0.678. The number of likely N-dealkylation sites (N-methyl/N-ethyl adjacent to an activating group) is 1. The van der Waals surface area contributed by atoms with Gasteiger partial charge in [0, 0.05) is 18.7 Å². The molecule has 0 aliphatic heterocycles. The van der Waals surface area contributed by atoms with Crippen LogP contribution in [-0.2, 0) is 4.79 Å². The Morgan fingerprint density at radius 3 is 2.58 bits per heavy atom. The van der Waals surface area contributed by atoms with E-state index < -0.39 is 0 Å². The van der Waals surface area contributed by atoms with E-state index in [2.05, 4.69) is 10.6 Å². The van der Waals surface area contributed by atoms with Crippen molar-refractivity contribution < 1.29 is 4.79 Å². The SMILES string of the molecule is CC=C(C)C(=O)NCCNCC. The molecule has 0 bridgehead atoms. The molecule has 3 heteroatoms. The van der Waals surface area contributed by atoms with Gasteiger partial charge < -0.3 is 10.6 Å². The number of hydrogen-bond donors (Lipinski definition) is 2. The Morgan fingerprint density at radius 1 is 1.42 bits per heavy atom. The Balaban J connectivity index is 3.45. The average Bonchev–Trinajstić information content (AvgIpc) is 2.10. The molecule has 0 aromatic carbocycles. The highest BCUT2D eigenvalue weighted by Crippen LogP contribution is 1.89. The van der Waals surface area contributed by atoms with Gasteiger partial charge in [0.05, 0.1) is 0 Å². The third kappa shape index (κ3) is 4.91. The molecular formula is C9H18N2O. The van der Waals surface area contributed by atoms with E-state index in [0.29, 0.717) is 6.54 Å². The van der Waals surface area contributed by atoms with Crippen molar-refractivity contribution in [3.8, 4) is 0 Å². The Morgan fingerprint density at radius 2 is 2.08 bits per heavy atom. The molecule has 0 saturated carbocycles. The molecule has 0 aromatic rings. The minimum Gasteiger partial charge on any atom is -0.351 e. The highest BCUT2D eigenvalue weighted by atomic mass is 16.1. The molecule has 0 fully saturated rings. The zero-order valence-electron chi connectivity index (χ0n) is 8.11. The van der Waals surface area contributed by atoms with Gasteiger partial charge in [0.25, 0.3) is 0 Å². The van der Waals surface area contributed by atoms with E-state index in [4.69, 9.17) is 0 Å². The number of hydrogen-bond acceptors (Lipinski definition) is 2. The van der Waals surface area contributed by atoms with Crippen molar-refractivity contribution in [1.82, 2.24) is 10.6 Å². The lowest BCUT2D eigenvalue weighted by Gasteiger charge is -2.04. The minimum atomic E-state index is 0.0235. The fourth-order valence-corrected chi connectivity index (χ4v) is 0.712. The van der Waals surface area contributed by atoms with Crippen molar-refractivity contribution >= 4 is 5.91 Å². The van der Waals surface area contributed by atoms with Crippen LogP contribution in [0.1, 0.15) is 20.8 Å². The van der Waals surface area contributed by atoms with E-state index in [1.165, 1.54) is 0 Å². The highest BCUT2D eigenvalue weighted by molar-refractivity contribution is 5.92. The Hall–Kier alpha value is -0.830. The molecule has 70 valence electrons. The summed E-state index contributed by atoms with van der Waals surface area (Å²) < 4.78 is 0. The smallest absolute Gasteiger partial charge is 0.246 e. The van der Waals surface area contributed by atoms with Crippen LogP contribution in [0.25, 0.3) is 0 Å². The summed E-state index contributed by atoms with van der Waals surface area (Å²) in [5, 5.41) is 5.92. The number of carbonyl (C=O) groups excluding carboxylic acids is 1. The van der Waals surface area contributed by atoms with Crippen LogP contribution in [0.2, 0.25) is 0 Å². The summed E-state index contributed by atoms with van der Waals surface area (Å²) in [4.78, 5) is 11.1. The second-order valence-electron chi connectivity index (χ2n) is 2.58. The Bertz CT molecular complexity index is 164. The Labute approximate surface area is 74.2 Å². The first kappa shape index (κ1) is 11.2. The zero-order valence-corrected chi connectivity index (χ0v) is 8.11. The minimum absolute atomic E-state index is 0.0235. The van der Waals surface area contributed by atoms with E-state index in [-0.39, 0.29) is 5.91 Å². The first-order chi connectivity index (χ1) is 5.72. The lowest BCUT2D eigenvalue weighted by molar-refractivity contribution is -0.117. The second kappa shape index (κ2) is 6.85. The van der Waals surface area contributed by atoms with E-state index in [0.717, 1.165) is 18.7 Å². The lowest BCUT2D eigenvalue weighted by atomic mass is 10.3. The summed E-state index contributed by atoms with van der Waals surface area (Å²) >= 11 is 0. The van der Waals surface area contributed by atoms with Gasteiger partial charge in [-0.05, 0) is 20.4 Å². The molecule has 0 aliphatic rings. The van der Waals surface area contributed by atoms with Crippen molar-refractivity contribution in [2.24, 2.45) is 0 Å². The largest absolute Gasteiger partial charge is 0.351 e. The van der Waals surface area contributed by atoms with Crippen LogP contribution < -0.4 is 10.6 Å². The van der Waals surface area contributed by atoms with Gasteiger partial charge in [-0.3, -0.25) is 4.79 Å². The number of amides is 1. The number of allylic oxidation sites excluding steroid dienone is 1. The van der Waals surface area contributed by atoms with Crippen molar-refractivity contribution in [2.75, 3.05) is 19.6 Å². The summed E-state index contributed by atoms with van der Waals surface area (Å²) in [7, 11) is 0. The van der Waals surface area contributed by atoms with Crippen molar-refractivity contribution in [3.63, 3.8) is 0 Å². The van der Waals surface area contributed by atoms with Crippen LogP contribution in [0.15, 0.2) is 11.6 Å². The van der Waals surface area contributed by atoms with Gasteiger partial charge in [-0.2, -0.15) is 0 Å². The predicted molar refractivity (Wildman–Crippen MR) is 51.0 cm³/mol. The average molecular weight is 170 g/mol. The van der Waals surface area contributed by atoms with Gasteiger partial charge in [0.2, 0.25) is 5.91 Å². The molecule has 1 amide bonds. The summed E-state index contributed by atoms with van der Waals surface area (Å²) in [6.45, 7) is 8.18. The van der Waals surface area contributed by atoms with Crippen LogP contribution in [0.5, 0.6) is 0 Å². The van der Waals surface area contributed by atoms with Gasteiger partial charge in [-0.25, -0.2) is 0 Å². The summed E-state index contributed by atoms with van der Waals surface area (Å²) in [5.41, 5.74) is 0.770. The monoisotopic (exact) mass is 170 g/mol. The number of nitrogens with one attached hydrogen (secondary N) is 2. The van der Waals surface area contributed by atoms with Gasteiger partial charge in [0.15, 0.2) is 0 Å². The molecule has 0 atom stereocenters. The van der Waals surface area contributed by atoms with Gasteiger partial charge in [-0.1, -0.05) is 13.0 Å². The van der Waals surface area contributed by atoms with Crippen molar-refractivity contribution in [3.05, 3.63) is 11.6 Å². The van der Waals surface area contributed by atoms with Gasteiger partial charge >= 0.3 is 0 Å². The summed E-state index contributed by atoms with van der Waals surface area (Å²) in [5.74, 6) is 0.0235. The molecule has 0 radical (unpaired) electrons. The molecule has 0 aliphatic carbocycles. The first-order valence-corrected chi connectivity index (χ1v) is 4.34. The molecule has 0 unspecified atom stereocenters. The third-order valence-corrected chi connectivity index (χ3v) is 1.63.